The van der Waals surface area contributed by atoms with Crippen LogP contribution in [-0.4, -0.2) is 24.2 Å². The Labute approximate surface area is 99.5 Å². The summed E-state index contributed by atoms with van der Waals surface area (Å²) < 4.78 is 0. The topological polar surface area (TPSA) is 49.3 Å². The molecule has 16 heavy (non-hydrogen) atoms. The van der Waals surface area contributed by atoms with E-state index in [1.165, 1.54) is 0 Å². The quantitative estimate of drug-likeness (QED) is 0.822. The second-order valence-corrected chi connectivity index (χ2v) is 5.59. The number of carbonyl (C=O) groups is 1. The predicted octanol–water partition coefficient (Wildman–Crippen LogP) is 1.74. The molecule has 1 aliphatic carbocycles. The van der Waals surface area contributed by atoms with Gasteiger partial charge in [0.1, 0.15) is 0 Å². The summed E-state index contributed by atoms with van der Waals surface area (Å²) in [6.45, 7) is 2.71. The van der Waals surface area contributed by atoms with Crippen molar-refractivity contribution in [3.63, 3.8) is 0 Å². The summed E-state index contributed by atoms with van der Waals surface area (Å²) in [7, 11) is 0. The van der Waals surface area contributed by atoms with Crippen LogP contribution in [0.4, 0.5) is 0 Å². The number of rotatable bonds is 5. The smallest absolute Gasteiger partial charge is 0.228 e. The number of aliphatic hydroxyl groups excluding tert-OH is 1. The molecule has 1 heterocycles. The zero-order valence-corrected chi connectivity index (χ0v) is 10.2. The van der Waals surface area contributed by atoms with Gasteiger partial charge in [0.05, 0.1) is 12.5 Å². The Balaban J connectivity index is 1.84. The lowest BCUT2D eigenvalue weighted by atomic mass is 10.1. The highest BCUT2D eigenvalue weighted by atomic mass is 32.1. The van der Waals surface area contributed by atoms with Crippen molar-refractivity contribution in [2.24, 2.45) is 5.41 Å². The van der Waals surface area contributed by atoms with Crippen LogP contribution < -0.4 is 5.32 Å². The fourth-order valence-corrected chi connectivity index (χ4v) is 2.44. The van der Waals surface area contributed by atoms with E-state index >= 15 is 0 Å². The lowest BCUT2D eigenvalue weighted by Gasteiger charge is -2.15. The number of aliphatic hydroxyl groups is 1. The van der Waals surface area contributed by atoms with Gasteiger partial charge in [-0.3, -0.25) is 4.79 Å². The predicted molar refractivity (Wildman–Crippen MR) is 64.5 cm³/mol. The number of amides is 1. The Morgan fingerprint density at radius 2 is 2.44 bits per heavy atom. The van der Waals surface area contributed by atoms with Crippen LogP contribution in [0.2, 0.25) is 0 Å². The first kappa shape index (κ1) is 11.6. The minimum Gasteiger partial charge on any atom is -0.396 e. The van der Waals surface area contributed by atoms with E-state index in [4.69, 9.17) is 5.11 Å². The maximum Gasteiger partial charge on any atom is 0.228 e. The van der Waals surface area contributed by atoms with E-state index < -0.39 is 0 Å². The molecule has 3 nitrogen and oxygen atoms in total. The van der Waals surface area contributed by atoms with Crippen LogP contribution >= 0.6 is 11.3 Å². The molecule has 1 atom stereocenters. The van der Waals surface area contributed by atoms with E-state index in [2.05, 4.69) is 5.32 Å². The summed E-state index contributed by atoms with van der Waals surface area (Å²) in [5.41, 5.74) is -0.00910. The first-order chi connectivity index (χ1) is 7.67. The van der Waals surface area contributed by atoms with Gasteiger partial charge in [-0.1, -0.05) is 6.07 Å². The van der Waals surface area contributed by atoms with Crippen LogP contribution in [0.25, 0.3) is 0 Å². The first-order valence-corrected chi connectivity index (χ1v) is 6.47. The molecule has 0 aromatic carbocycles. The highest BCUT2D eigenvalue weighted by Crippen LogP contribution is 2.44. The first-order valence-electron chi connectivity index (χ1n) is 5.59. The van der Waals surface area contributed by atoms with Crippen LogP contribution in [0, 0.1) is 5.41 Å². The molecule has 1 fully saturated rings. The van der Waals surface area contributed by atoms with Crippen molar-refractivity contribution >= 4 is 17.2 Å². The van der Waals surface area contributed by atoms with Crippen molar-refractivity contribution in [2.45, 2.75) is 25.7 Å². The van der Waals surface area contributed by atoms with E-state index in [9.17, 15) is 4.79 Å². The average Bonchev–Trinajstić information content (AvgIpc) is 2.88. The van der Waals surface area contributed by atoms with E-state index in [0.717, 1.165) is 17.7 Å². The molecular formula is C12H17NO2S. The number of thiophene rings is 1. The van der Waals surface area contributed by atoms with E-state index in [-0.39, 0.29) is 23.8 Å². The third kappa shape index (κ3) is 2.44. The van der Waals surface area contributed by atoms with Crippen LogP contribution in [0.3, 0.4) is 0 Å². The second kappa shape index (κ2) is 4.55. The largest absolute Gasteiger partial charge is 0.396 e. The Bertz CT molecular complexity index is 357. The van der Waals surface area contributed by atoms with E-state index in [1.807, 2.05) is 24.4 Å². The highest BCUT2D eigenvalue weighted by molar-refractivity contribution is 7.10. The summed E-state index contributed by atoms with van der Waals surface area (Å²) in [4.78, 5) is 12.9. The van der Waals surface area contributed by atoms with Crippen LogP contribution in [0.15, 0.2) is 17.5 Å². The molecule has 2 rings (SSSR count). The van der Waals surface area contributed by atoms with Gasteiger partial charge in [0.15, 0.2) is 0 Å². The third-order valence-electron chi connectivity index (χ3n) is 3.29. The highest BCUT2D eigenvalue weighted by Gasteiger charge is 2.42. The maximum absolute atomic E-state index is 11.8. The molecule has 0 spiro atoms. The van der Waals surface area contributed by atoms with E-state index in [0.29, 0.717) is 6.54 Å². The number of carbonyl (C=O) groups excluding carboxylic acids is 1. The molecule has 0 radical (unpaired) electrons. The normalized spacial score (nSPS) is 19.1. The Morgan fingerprint density at radius 1 is 1.69 bits per heavy atom. The molecule has 2 N–H and O–H groups in total. The molecule has 1 amide bonds. The lowest BCUT2D eigenvalue weighted by Crippen LogP contribution is -2.34. The van der Waals surface area contributed by atoms with Crippen molar-refractivity contribution in [1.29, 1.82) is 0 Å². The number of hydrogen-bond acceptors (Lipinski definition) is 3. The number of hydrogen-bond donors (Lipinski definition) is 2. The van der Waals surface area contributed by atoms with Crippen molar-refractivity contribution < 1.29 is 9.90 Å². The Morgan fingerprint density at radius 3 is 2.94 bits per heavy atom. The molecule has 0 saturated heterocycles. The standard InChI is InChI=1S/C12H17NO2S/c1-9(10-3-2-6-16-10)11(15)13-7-12(8-14)4-5-12/h2-3,6,9,14H,4-5,7-8H2,1H3,(H,13,15). The molecule has 1 aromatic heterocycles. The van der Waals surface area contributed by atoms with Gasteiger partial charge in [0, 0.05) is 16.8 Å². The summed E-state index contributed by atoms with van der Waals surface area (Å²) in [6, 6.07) is 3.94. The second-order valence-electron chi connectivity index (χ2n) is 4.61. The fourth-order valence-electron chi connectivity index (χ4n) is 1.66. The molecule has 4 heteroatoms. The third-order valence-corrected chi connectivity index (χ3v) is 4.35. The molecule has 1 aromatic rings. The van der Waals surface area contributed by atoms with E-state index in [1.54, 1.807) is 11.3 Å². The fraction of sp³-hybridized carbons (Fsp3) is 0.583. The molecule has 1 unspecified atom stereocenters. The number of nitrogens with one attached hydrogen (secondary N) is 1. The van der Waals surface area contributed by atoms with Crippen molar-refractivity contribution in [3.05, 3.63) is 22.4 Å². The van der Waals surface area contributed by atoms with Gasteiger partial charge in [-0.15, -0.1) is 11.3 Å². The monoisotopic (exact) mass is 239 g/mol. The summed E-state index contributed by atoms with van der Waals surface area (Å²) in [5.74, 6) is -0.0309. The van der Waals surface area contributed by atoms with Crippen LogP contribution in [0.1, 0.15) is 30.6 Å². The summed E-state index contributed by atoms with van der Waals surface area (Å²) in [5, 5.41) is 14.1. The van der Waals surface area contributed by atoms with Crippen molar-refractivity contribution in [2.75, 3.05) is 13.2 Å². The van der Waals surface area contributed by atoms with Gasteiger partial charge in [-0.2, -0.15) is 0 Å². The van der Waals surface area contributed by atoms with Gasteiger partial charge in [0.2, 0.25) is 5.91 Å². The molecule has 1 saturated carbocycles. The van der Waals surface area contributed by atoms with Crippen LogP contribution in [-0.2, 0) is 4.79 Å². The van der Waals surface area contributed by atoms with Gasteiger partial charge in [0.25, 0.3) is 0 Å². The lowest BCUT2D eigenvalue weighted by molar-refractivity contribution is -0.122. The minimum atomic E-state index is -0.0884. The van der Waals surface area contributed by atoms with Crippen molar-refractivity contribution in [1.82, 2.24) is 5.32 Å². The maximum atomic E-state index is 11.8. The SMILES string of the molecule is CC(C(=O)NCC1(CO)CC1)c1cccs1. The zero-order valence-electron chi connectivity index (χ0n) is 9.40. The van der Waals surface area contributed by atoms with Crippen molar-refractivity contribution in [3.8, 4) is 0 Å². The molecular weight excluding hydrogens is 222 g/mol. The van der Waals surface area contributed by atoms with Gasteiger partial charge < -0.3 is 10.4 Å². The Kier molecular flexibility index (Phi) is 3.30. The average molecular weight is 239 g/mol. The molecule has 1 aliphatic rings. The zero-order chi connectivity index (χ0) is 11.6. The molecule has 0 aliphatic heterocycles. The van der Waals surface area contributed by atoms with Gasteiger partial charge in [-0.25, -0.2) is 0 Å². The summed E-state index contributed by atoms with van der Waals surface area (Å²) in [6.07, 6.45) is 2.05. The Hall–Kier alpha value is -0.870. The van der Waals surface area contributed by atoms with Gasteiger partial charge in [-0.05, 0) is 31.2 Å². The molecule has 0 bridgehead atoms. The van der Waals surface area contributed by atoms with Gasteiger partial charge >= 0.3 is 0 Å². The summed E-state index contributed by atoms with van der Waals surface area (Å²) >= 11 is 1.60. The minimum absolute atomic E-state index is 0.00910. The van der Waals surface area contributed by atoms with Crippen LogP contribution in [0.5, 0.6) is 0 Å². The molecule has 88 valence electrons.